The van der Waals surface area contributed by atoms with E-state index in [4.69, 9.17) is 33.7 Å². The molecular formula is C13H16Cl2N2O2. The summed E-state index contributed by atoms with van der Waals surface area (Å²) in [4.78, 5) is 12.1. The topological polar surface area (TPSA) is 64.3 Å². The Hall–Kier alpha value is -0.810. The molecule has 1 aromatic rings. The molecule has 1 amide bonds. The highest BCUT2D eigenvalue weighted by Gasteiger charge is 2.40. The van der Waals surface area contributed by atoms with Gasteiger partial charge in [-0.15, -0.1) is 0 Å². The summed E-state index contributed by atoms with van der Waals surface area (Å²) in [5, 5.41) is 3.72. The van der Waals surface area contributed by atoms with Crippen LogP contribution in [-0.4, -0.2) is 30.7 Å². The van der Waals surface area contributed by atoms with Gasteiger partial charge in [-0.2, -0.15) is 0 Å². The predicted octanol–water partition coefficient (Wildman–Crippen LogP) is 2.23. The fraction of sp³-hybridized carbons (Fsp3) is 0.462. The Bertz CT molecular complexity index is 459. The highest BCUT2D eigenvalue weighted by atomic mass is 35.5. The highest BCUT2D eigenvalue weighted by molar-refractivity contribution is 6.35. The van der Waals surface area contributed by atoms with Crippen molar-refractivity contribution in [1.29, 1.82) is 0 Å². The minimum Gasteiger partial charge on any atom is -0.376 e. The monoisotopic (exact) mass is 302 g/mol. The van der Waals surface area contributed by atoms with Gasteiger partial charge in [-0.05, 0) is 31.5 Å². The lowest BCUT2D eigenvalue weighted by atomic mass is 9.83. The zero-order chi connectivity index (χ0) is 14.0. The van der Waals surface area contributed by atoms with Gasteiger partial charge < -0.3 is 15.8 Å². The summed E-state index contributed by atoms with van der Waals surface area (Å²) in [5.41, 5.74) is 6.31. The van der Waals surface area contributed by atoms with E-state index in [1.807, 2.05) is 6.92 Å². The lowest BCUT2D eigenvalue weighted by Crippen LogP contribution is -2.64. The van der Waals surface area contributed by atoms with Crippen molar-refractivity contribution >= 4 is 29.1 Å². The summed E-state index contributed by atoms with van der Waals surface area (Å²) in [6, 6.07) is 4.49. The molecule has 3 atom stereocenters. The number of halogens is 2. The van der Waals surface area contributed by atoms with E-state index in [1.165, 1.54) is 0 Å². The third kappa shape index (κ3) is 3.39. The van der Waals surface area contributed by atoms with Crippen LogP contribution in [0.5, 0.6) is 0 Å². The molecule has 104 valence electrons. The summed E-state index contributed by atoms with van der Waals surface area (Å²) < 4.78 is 5.50. The van der Waals surface area contributed by atoms with Gasteiger partial charge in [-0.3, -0.25) is 4.79 Å². The van der Waals surface area contributed by atoms with Crippen molar-refractivity contribution in [2.24, 2.45) is 5.73 Å². The first kappa shape index (κ1) is 14.6. The number of hydrogen-bond acceptors (Lipinski definition) is 3. The minimum absolute atomic E-state index is 0.0152. The van der Waals surface area contributed by atoms with E-state index in [2.05, 4.69) is 5.32 Å². The van der Waals surface area contributed by atoms with Crippen molar-refractivity contribution < 1.29 is 9.53 Å². The number of ether oxygens (including phenoxy) is 1. The zero-order valence-electron chi connectivity index (χ0n) is 10.5. The molecule has 1 aliphatic rings. The summed E-state index contributed by atoms with van der Waals surface area (Å²) in [6.07, 6.45) is 0.744. The second-order valence-corrected chi connectivity index (χ2v) is 5.42. The average Bonchev–Trinajstić information content (AvgIpc) is 2.34. The summed E-state index contributed by atoms with van der Waals surface area (Å²) in [7, 11) is 0. The molecule has 1 aromatic carbocycles. The first-order valence-electron chi connectivity index (χ1n) is 6.15. The van der Waals surface area contributed by atoms with Gasteiger partial charge in [0.25, 0.3) is 5.91 Å². The minimum atomic E-state index is -0.241. The second kappa shape index (κ2) is 6.09. The largest absolute Gasteiger partial charge is 0.376 e. The first-order chi connectivity index (χ1) is 9.01. The van der Waals surface area contributed by atoms with Crippen LogP contribution in [0.25, 0.3) is 0 Å². The zero-order valence-corrected chi connectivity index (χ0v) is 12.0. The van der Waals surface area contributed by atoms with Crippen molar-refractivity contribution in [3.8, 4) is 0 Å². The van der Waals surface area contributed by atoms with Crippen LogP contribution in [0.1, 0.15) is 23.7 Å². The maximum atomic E-state index is 12.1. The van der Waals surface area contributed by atoms with Crippen LogP contribution < -0.4 is 11.1 Å². The van der Waals surface area contributed by atoms with E-state index in [0.29, 0.717) is 22.2 Å². The van der Waals surface area contributed by atoms with Gasteiger partial charge in [0.15, 0.2) is 0 Å². The maximum absolute atomic E-state index is 12.1. The Morgan fingerprint density at radius 1 is 1.42 bits per heavy atom. The maximum Gasteiger partial charge on any atom is 0.251 e. The van der Waals surface area contributed by atoms with E-state index < -0.39 is 0 Å². The van der Waals surface area contributed by atoms with Crippen LogP contribution >= 0.6 is 23.2 Å². The van der Waals surface area contributed by atoms with E-state index in [0.717, 1.165) is 6.42 Å². The van der Waals surface area contributed by atoms with Gasteiger partial charge in [0.1, 0.15) is 0 Å². The van der Waals surface area contributed by atoms with Crippen molar-refractivity contribution in [1.82, 2.24) is 5.32 Å². The molecule has 6 heteroatoms. The number of nitrogens with two attached hydrogens (primary N) is 1. The molecule has 1 saturated carbocycles. The number of nitrogens with one attached hydrogen (secondary N) is 1. The molecule has 19 heavy (non-hydrogen) atoms. The van der Waals surface area contributed by atoms with Gasteiger partial charge in [0, 0.05) is 28.3 Å². The molecule has 0 spiro atoms. The van der Waals surface area contributed by atoms with Crippen LogP contribution in [0, 0.1) is 0 Å². The molecule has 0 aromatic heterocycles. The van der Waals surface area contributed by atoms with E-state index in [9.17, 15) is 4.79 Å². The second-order valence-electron chi connectivity index (χ2n) is 4.55. The summed E-state index contributed by atoms with van der Waals surface area (Å²) >= 11 is 11.7. The fourth-order valence-corrected chi connectivity index (χ4v) is 2.67. The quantitative estimate of drug-likeness (QED) is 0.896. The van der Waals surface area contributed by atoms with E-state index in [1.54, 1.807) is 18.2 Å². The lowest BCUT2D eigenvalue weighted by Gasteiger charge is -2.42. The van der Waals surface area contributed by atoms with E-state index >= 15 is 0 Å². The Morgan fingerprint density at radius 2 is 2.05 bits per heavy atom. The van der Waals surface area contributed by atoms with Gasteiger partial charge in [-0.1, -0.05) is 23.2 Å². The molecule has 0 radical (unpaired) electrons. The van der Waals surface area contributed by atoms with Gasteiger partial charge in [0.2, 0.25) is 0 Å². The third-order valence-electron chi connectivity index (χ3n) is 3.17. The van der Waals surface area contributed by atoms with Crippen molar-refractivity contribution in [3.63, 3.8) is 0 Å². The molecule has 1 fully saturated rings. The Kier molecular flexibility index (Phi) is 4.68. The van der Waals surface area contributed by atoms with Crippen LogP contribution in [0.4, 0.5) is 0 Å². The molecule has 4 nitrogen and oxygen atoms in total. The number of rotatable bonds is 4. The molecule has 0 bridgehead atoms. The SMILES string of the molecule is CCOC1CC(N)C1NC(=O)c1cc(Cl)cc(Cl)c1. The molecule has 3 unspecified atom stereocenters. The van der Waals surface area contributed by atoms with Crippen molar-refractivity contribution in [2.45, 2.75) is 31.5 Å². The smallest absolute Gasteiger partial charge is 0.251 e. The number of amides is 1. The van der Waals surface area contributed by atoms with Crippen LogP contribution in [-0.2, 0) is 4.74 Å². The van der Waals surface area contributed by atoms with Crippen LogP contribution in [0.15, 0.2) is 18.2 Å². The Labute approximate surface area is 122 Å². The van der Waals surface area contributed by atoms with Crippen LogP contribution in [0.3, 0.4) is 0 Å². The number of hydrogen-bond donors (Lipinski definition) is 2. The van der Waals surface area contributed by atoms with Gasteiger partial charge in [0.05, 0.1) is 12.1 Å². The highest BCUT2D eigenvalue weighted by Crippen LogP contribution is 2.24. The first-order valence-corrected chi connectivity index (χ1v) is 6.91. The van der Waals surface area contributed by atoms with Crippen molar-refractivity contribution in [3.05, 3.63) is 33.8 Å². The summed E-state index contributed by atoms with van der Waals surface area (Å²) in [5.74, 6) is -0.241. The lowest BCUT2D eigenvalue weighted by molar-refractivity contribution is -0.0300. The molecule has 3 N–H and O–H groups in total. The molecular weight excluding hydrogens is 287 g/mol. The Balaban J connectivity index is 2.04. The third-order valence-corrected chi connectivity index (χ3v) is 3.61. The number of carbonyl (C=O) groups excluding carboxylic acids is 1. The summed E-state index contributed by atoms with van der Waals surface area (Å²) in [6.45, 7) is 2.52. The molecule has 0 saturated heterocycles. The van der Waals surface area contributed by atoms with E-state index in [-0.39, 0.29) is 24.1 Å². The predicted molar refractivity (Wildman–Crippen MR) is 75.7 cm³/mol. The normalized spacial score (nSPS) is 25.8. The number of carbonyl (C=O) groups is 1. The average molecular weight is 303 g/mol. The molecule has 0 heterocycles. The van der Waals surface area contributed by atoms with Crippen LogP contribution in [0.2, 0.25) is 10.0 Å². The molecule has 2 rings (SSSR count). The van der Waals surface area contributed by atoms with Crippen molar-refractivity contribution in [2.75, 3.05) is 6.61 Å². The standard InChI is InChI=1S/C13H16Cl2N2O2/c1-2-19-11-6-10(16)12(11)17-13(18)7-3-8(14)5-9(15)4-7/h3-5,10-12H,2,6,16H2,1H3,(H,17,18). The Morgan fingerprint density at radius 3 is 2.58 bits per heavy atom. The fourth-order valence-electron chi connectivity index (χ4n) is 2.15. The molecule has 1 aliphatic carbocycles. The molecule has 0 aliphatic heterocycles. The number of benzene rings is 1. The van der Waals surface area contributed by atoms with Gasteiger partial charge in [-0.25, -0.2) is 0 Å². The van der Waals surface area contributed by atoms with Gasteiger partial charge >= 0.3 is 0 Å².